The number of hydrogen-bond donors (Lipinski definition) is 0. The van der Waals surface area contributed by atoms with Crippen LogP contribution in [0.4, 0.5) is 0 Å². The number of esters is 1. The van der Waals surface area contributed by atoms with Crippen molar-refractivity contribution >= 4 is 15.8 Å². The van der Waals surface area contributed by atoms with Gasteiger partial charge in [0, 0.05) is 0 Å². The Labute approximate surface area is 108 Å². The number of carbonyl (C=O) groups is 1. The predicted octanol–water partition coefficient (Wildman–Crippen LogP) is 1.80. The van der Waals surface area contributed by atoms with E-state index < -0.39 is 21.2 Å². The average Bonchev–Trinajstić information content (AvgIpc) is 2.27. The van der Waals surface area contributed by atoms with Crippen LogP contribution in [0.25, 0.3) is 0 Å². The lowest BCUT2D eigenvalue weighted by Crippen LogP contribution is -2.34. The van der Waals surface area contributed by atoms with Crippen molar-refractivity contribution in [2.75, 3.05) is 12.9 Å². The summed E-state index contributed by atoms with van der Waals surface area (Å²) in [6.07, 6.45) is 0. The van der Waals surface area contributed by atoms with Gasteiger partial charge in [0.1, 0.15) is 0 Å². The maximum atomic E-state index is 12.0. The van der Waals surface area contributed by atoms with E-state index >= 15 is 0 Å². The molecule has 0 aliphatic heterocycles. The van der Waals surface area contributed by atoms with Crippen LogP contribution in [0.2, 0.25) is 0 Å². The zero-order valence-electron chi connectivity index (χ0n) is 10.8. The maximum Gasteiger partial charge on any atom is 0.312 e. The zero-order chi connectivity index (χ0) is 13.8. The largest absolute Gasteiger partial charge is 0.469 e. The fourth-order valence-electron chi connectivity index (χ4n) is 1.76. The van der Waals surface area contributed by atoms with Crippen molar-refractivity contribution in [2.45, 2.75) is 19.6 Å². The van der Waals surface area contributed by atoms with E-state index in [0.717, 1.165) is 5.56 Å². The quantitative estimate of drug-likeness (QED) is 0.765. The van der Waals surface area contributed by atoms with E-state index in [4.69, 9.17) is 0 Å². The van der Waals surface area contributed by atoms with Gasteiger partial charge in [-0.05, 0) is 19.4 Å². The molecule has 0 aliphatic carbocycles. The fraction of sp³-hybridized carbons (Fsp3) is 0.462. The van der Waals surface area contributed by atoms with Gasteiger partial charge in [-0.15, -0.1) is 0 Å². The average molecular weight is 270 g/mol. The Balaban J connectivity index is 2.80. The molecule has 0 radical (unpaired) electrons. The lowest BCUT2D eigenvalue weighted by Gasteiger charge is -2.21. The highest BCUT2D eigenvalue weighted by Crippen LogP contribution is 2.21. The van der Waals surface area contributed by atoms with Crippen molar-refractivity contribution in [3.63, 3.8) is 0 Å². The second kappa shape index (κ2) is 5.52. The molecule has 0 aliphatic rings. The summed E-state index contributed by atoms with van der Waals surface area (Å²) in [4.78, 5) is 11.5. The standard InChI is InChI=1S/C13H18O4S/c1-13(2,12(14)17-3)10-18(15,16)9-11-7-5-4-6-8-11/h4-8H,9-10H2,1-3H3. The van der Waals surface area contributed by atoms with E-state index in [1.165, 1.54) is 7.11 Å². The third-order valence-corrected chi connectivity index (χ3v) is 4.48. The molecule has 1 rings (SSSR count). The summed E-state index contributed by atoms with van der Waals surface area (Å²) in [7, 11) is -2.09. The van der Waals surface area contributed by atoms with Crippen LogP contribution >= 0.6 is 0 Å². The molecule has 0 fully saturated rings. The van der Waals surface area contributed by atoms with Crippen molar-refractivity contribution < 1.29 is 17.9 Å². The summed E-state index contributed by atoms with van der Waals surface area (Å²) in [6.45, 7) is 3.14. The molecule has 0 bridgehead atoms. The number of hydrogen-bond acceptors (Lipinski definition) is 4. The molecule has 0 aromatic heterocycles. The molecular weight excluding hydrogens is 252 g/mol. The Morgan fingerprint density at radius 2 is 1.78 bits per heavy atom. The predicted molar refractivity (Wildman–Crippen MR) is 69.7 cm³/mol. The molecule has 0 saturated heterocycles. The van der Waals surface area contributed by atoms with Crippen LogP contribution in [0, 0.1) is 5.41 Å². The molecule has 4 nitrogen and oxygen atoms in total. The molecular formula is C13H18O4S. The second-order valence-electron chi connectivity index (χ2n) is 4.89. The first-order chi connectivity index (χ1) is 8.27. The Morgan fingerprint density at radius 3 is 2.28 bits per heavy atom. The Kier molecular flexibility index (Phi) is 4.51. The molecule has 100 valence electrons. The van der Waals surface area contributed by atoms with Gasteiger partial charge in [0.05, 0.1) is 24.0 Å². The van der Waals surface area contributed by atoms with Gasteiger partial charge in [0.25, 0.3) is 0 Å². The summed E-state index contributed by atoms with van der Waals surface area (Å²) in [5.41, 5.74) is -0.305. The molecule has 1 aromatic rings. The number of ether oxygens (including phenoxy) is 1. The molecule has 0 unspecified atom stereocenters. The number of sulfone groups is 1. The van der Waals surface area contributed by atoms with E-state index in [0.29, 0.717) is 0 Å². The molecule has 0 saturated carbocycles. The fourth-order valence-corrected chi connectivity index (χ4v) is 3.78. The van der Waals surface area contributed by atoms with Gasteiger partial charge in [-0.1, -0.05) is 30.3 Å². The number of carbonyl (C=O) groups excluding carboxylic acids is 1. The Bertz CT molecular complexity index is 503. The van der Waals surface area contributed by atoms with Crippen LogP contribution in [-0.2, 0) is 25.1 Å². The number of methoxy groups -OCH3 is 1. The summed E-state index contributed by atoms with van der Waals surface area (Å²) in [6, 6.07) is 8.91. The first-order valence-electron chi connectivity index (χ1n) is 5.59. The monoisotopic (exact) mass is 270 g/mol. The molecule has 5 heteroatoms. The van der Waals surface area contributed by atoms with Crippen LogP contribution < -0.4 is 0 Å². The third kappa shape index (κ3) is 4.14. The van der Waals surface area contributed by atoms with Gasteiger partial charge in [-0.25, -0.2) is 8.42 Å². The highest BCUT2D eigenvalue weighted by atomic mass is 32.2. The van der Waals surface area contributed by atoms with Crippen LogP contribution in [0.3, 0.4) is 0 Å². The topological polar surface area (TPSA) is 60.4 Å². The highest BCUT2D eigenvalue weighted by molar-refractivity contribution is 7.90. The summed E-state index contributed by atoms with van der Waals surface area (Å²) in [5.74, 6) is -0.797. The number of benzene rings is 1. The minimum absolute atomic E-state index is 0.0612. The molecule has 0 amide bonds. The Hall–Kier alpha value is -1.36. The van der Waals surface area contributed by atoms with E-state index in [9.17, 15) is 13.2 Å². The smallest absolute Gasteiger partial charge is 0.312 e. The second-order valence-corrected chi connectivity index (χ2v) is 6.96. The first-order valence-corrected chi connectivity index (χ1v) is 7.42. The van der Waals surface area contributed by atoms with Crippen molar-refractivity contribution in [3.05, 3.63) is 35.9 Å². The first kappa shape index (κ1) is 14.7. The van der Waals surface area contributed by atoms with Gasteiger partial charge >= 0.3 is 5.97 Å². The van der Waals surface area contributed by atoms with Crippen LogP contribution in [-0.4, -0.2) is 27.2 Å². The molecule has 0 N–H and O–H groups in total. The molecule has 0 heterocycles. The summed E-state index contributed by atoms with van der Waals surface area (Å²) >= 11 is 0. The van der Waals surface area contributed by atoms with E-state index in [1.807, 2.05) is 6.07 Å². The van der Waals surface area contributed by atoms with Gasteiger partial charge in [-0.2, -0.15) is 0 Å². The molecule has 18 heavy (non-hydrogen) atoms. The molecule has 0 spiro atoms. The highest BCUT2D eigenvalue weighted by Gasteiger charge is 2.34. The SMILES string of the molecule is COC(=O)C(C)(C)CS(=O)(=O)Cc1ccccc1. The van der Waals surface area contributed by atoms with Gasteiger partial charge in [0.2, 0.25) is 0 Å². The summed E-state index contributed by atoms with van der Waals surface area (Å²) in [5, 5.41) is 0. The van der Waals surface area contributed by atoms with E-state index in [-0.39, 0.29) is 11.5 Å². The minimum Gasteiger partial charge on any atom is -0.469 e. The van der Waals surface area contributed by atoms with Gasteiger partial charge < -0.3 is 4.74 Å². The van der Waals surface area contributed by atoms with Gasteiger partial charge in [0.15, 0.2) is 9.84 Å². The lowest BCUT2D eigenvalue weighted by atomic mass is 9.97. The minimum atomic E-state index is -3.35. The third-order valence-electron chi connectivity index (χ3n) is 2.55. The lowest BCUT2D eigenvalue weighted by molar-refractivity contribution is -0.149. The molecule has 0 atom stereocenters. The van der Waals surface area contributed by atoms with Crippen molar-refractivity contribution in [3.8, 4) is 0 Å². The normalized spacial score (nSPS) is 12.2. The van der Waals surface area contributed by atoms with Crippen LogP contribution in [0.1, 0.15) is 19.4 Å². The van der Waals surface area contributed by atoms with Crippen LogP contribution in [0.15, 0.2) is 30.3 Å². The summed E-state index contributed by atoms with van der Waals surface area (Å²) < 4.78 is 28.7. The van der Waals surface area contributed by atoms with E-state index in [2.05, 4.69) is 4.74 Å². The Morgan fingerprint density at radius 1 is 1.22 bits per heavy atom. The van der Waals surface area contributed by atoms with E-state index in [1.54, 1.807) is 38.1 Å². The van der Waals surface area contributed by atoms with Gasteiger partial charge in [-0.3, -0.25) is 4.79 Å². The van der Waals surface area contributed by atoms with Crippen molar-refractivity contribution in [2.24, 2.45) is 5.41 Å². The maximum absolute atomic E-state index is 12.0. The van der Waals surface area contributed by atoms with Crippen molar-refractivity contribution in [1.82, 2.24) is 0 Å². The zero-order valence-corrected chi connectivity index (χ0v) is 11.7. The van der Waals surface area contributed by atoms with Crippen molar-refractivity contribution in [1.29, 1.82) is 0 Å². The van der Waals surface area contributed by atoms with Crippen LogP contribution in [0.5, 0.6) is 0 Å². The molecule has 1 aromatic carbocycles. The number of rotatable bonds is 5.